The zero-order valence-corrected chi connectivity index (χ0v) is 16.2. The van der Waals surface area contributed by atoms with Crippen molar-refractivity contribution in [2.75, 3.05) is 5.73 Å². The highest BCUT2D eigenvalue weighted by Crippen LogP contribution is 2.33. The van der Waals surface area contributed by atoms with Crippen molar-refractivity contribution in [3.8, 4) is 5.75 Å². The van der Waals surface area contributed by atoms with Gasteiger partial charge in [-0.05, 0) is 54.1 Å². The fourth-order valence-electron chi connectivity index (χ4n) is 2.34. The predicted octanol–water partition coefficient (Wildman–Crippen LogP) is 4.82. The molecule has 0 aliphatic carbocycles. The summed E-state index contributed by atoms with van der Waals surface area (Å²) in [5, 5.41) is 12.2. The Morgan fingerprint density at radius 1 is 1.08 bits per heavy atom. The third kappa shape index (κ3) is 4.59. The number of aromatic hydroxyl groups is 1. The van der Waals surface area contributed by atoms with E-state index in [1.54, 1.807) is 24.3 Å². The van der Waals surface area contributed by atoms with Crippen molar-refractivity contribution in [3.63, 3.8) is 0 Å². The molecule has 0 aliphatic rings. The standard InChI is InChI=1S/C20H17BrN2O2S/c21-17-4-2-1-3-14(17)12-23-20(25)13-5-10-19(18(22)11-13)26-16-8-6-15(24)7-9-16/h1-11,24H,12,22H2,(H,23,25). The number of hydrogen-bond acceptors (Lipinski definition) is 4. The Kier molecular flexibility index (Phi) is 5.85. The van der Waals surface area contributed by atoms with Crippen LogP contribution in [0.2, 0.25) is 0 Å². The van der Waals surface area contributed by atoms with Crippen LogP contribution in [-0.4, -0.2) is 11.0 Å². The number of benzene rings is 3. The lowest BCUT2D eigenvalue weighted by molar-refractivity contribution is 0.0951. The maximum Gasteiger partial charge on any atom is 0.251 e. The Hall–Kier alpha value is -2.44. The third-order valence-electron chi connectivity index (χ3n) is 3.73. The first-order valence-corrected chi connectivity index (χ1v) is 9.52. The SMILES string of the molecule is Nc1cc(C(=O)NCc2ccccc2Br)ccc1Sc1ccc(O)cc1. The Morgan fingerprint density at radius 2 is 1.81 bits per heavy atom. The molecule has 4 nitrogen and oxygen atoms in total. The molecule has 26 heavy (non-hydrogen) atoms. The van der Waals surface area contributed by atoms with Gasteiger partial charge in [0.25, 0.3) is 5.91 Å². The van der Waals surface area contributed by atoms with Crippen molar-refractivity contribution in [2.24, 2.45) is 0 Å². The number of hydrogen-bond donors (Lipinski definition) is 3. The van der Waals surface area contributed by atoms with Gasteiger partial charge in [-0.3, -0.25) is 4.79 Å². The van der Waals surface area contributed by atoms with Gasteiger partial charge in [0.1, 0.15) is 5.75 Å². The molecule has 6 heteroatoms. The molecule has 4 N–H and O–H groups in total. The number of nitrogens with one attached hydrogen (secondary N) is 1. The topological polar surface area (TPSA) is 75.4 Å². The summed E-state index contributed by atoms with van der Waals surface area (Å²) in [5.74, 6) is 0.0491. The maximum atomic E-state index is 12.4. The molecule has 0 spiro atoms. The number of anilines is 1. The molecule has 0 aromatic heterocycles. The highest BCUT2D eigenvalue weighted by molar-refractivity contribution is 9.10. The number of nitrogens with two attached hydrogens (primary N) is 1. The fourth-order valence-corrected chi connectivity index (χ4v) is 3.61. The molecule has 0 heterocycles. The lowest BCUT2D eigenvalue weighted by atomic mass is 10.1. The van der Waals surface area contributed by atoms with Gasteiger partial charge in [-0.15, -0.1) is 0 Å². The fraction of sp³-hybridized carbons (Fsp3) is 0.0500. The Balaban J connectivity index is 1.67. The van der Waals surface area contributed by atoms with E-state index in [1.807, 2.05) is 42.5 Å². The third-order valence-corrected chi connectivity index (χ3v) is 5.61. The lowest BCUT2D eigenvalue weighted by Gasteiger charge is -2.10. The maximum absolute atomic E-state index is 12.4. The number of phenolic OH excluding ortho intramolecular Hbond substituents is 1. The van der Waals surface area contributed by atoms with E-state index >= 15 is 0 Å². The highest BCUT2D eigenvalue weighted by atomic mass is 79.9. The number of rotatable bonds is 5. The normalized spacial score (nSPS) is 10.5. The summed E-state index contributed by atoms with van der Waals surface area (Å²) in [4.78, 5) is 14.2. The molecule has 0 unspecified atom stereocenters. The van der Waals surface area contributed by atoms with Crippen LogP contribution in [0.3, 0.4) is 0 Å². The minimum Gasteiger partial charge on any atom is -0.508 e. The molecule has 3 rings (SSSR count). The minimum absolute atomic E-state index is 0.173. The van der Waals surface area contributed by atoms with Gasteiger partial charge < -0.3 is 16.2 Å². The molecule has 0 radical (unpaired) electrons. The van der Waals surface area contributed by atoms with Crippen LogP contribution in [0, 0.1) is 0 Å². The second-order valence-corrected chi connectivity index (χ2v) is 7.59. The molecule has 0 atom stereocenters. The van der Waals surface area contributed by atoms with Gasteiger partial charge in [0.05, 0.1) is 0 Å². The van der Waals surface area contributed by atoms with Crippen molar-refractivity contribution >= 4 is 39.3 Å². The summed E-state index contributed by atoms with van der Waals surface area (Å²) in [6.07, 6.45) is 0. The van der Waals surface area contributed by atoms with Crippen LogP contribution in [-0.2, 0) is 6.54 Å². The average Bonchev–Trinajstić information content (AvgIpc) is 2.64. The molecular formula is C20H17BrN2O2S. The second-order valence-electron chi connectivity index (χ2n) is 5.62. The first-order chi connectivity index (χ1) is 12.5. The lowest BCUT2D eigenvalue weighted by Crippen LogP contribution is -2.23. The molecule has 0 saturated carbocycles. The van der Waals surface area contributed by atoms with Crippen molar-refractivity contribution in [3.05, 3.63) is 82.3 Å². The van der Waals surface area contributed by atoms with Crippen molar-refractivity contribution in [1.82, 2.24) is 5.32 Å². The largest absolute Gasteiger partial charge is 0.508 e. The first-order valence-electron chi connectivity index (χ1n) is 7.91. The van der Waals surface area contributed by atoms with Gasteiger partial charge in [-0.2, -0.15) is 0 Å². The first kappa shape index (κ1) is 18.4. The zero-order chi connectivity index (χ0) is 18.5. The van der Waals surface area contributed by atoms with Gasteiger partial charge in [-0.25, -0.2) is 0 Å². The second kappa shape index (κ2) is 8.29. The molecule has 0 aliphatic heterocycles. The molecule has 0 fully saturated rings. The number of halogens is 1. The molecule has 1 amide bonds. The summed E-state index contributed by atoms with van der Waals surface area (Å²) in [5.41, 5.74) is 8.17. The molecular weight excluding hydrogens is 412 g/mol. The molecule has 132 valence electrons. The van der Waals surface area contributed by atoms with E-state index in [9.17, 15) is 9.90 Å². The van der Waals surface area contributed by atoms with Crippen LogP contribution in [0.1, 0.15) is 15.9 Å². The van der Waals surface area contributed by atoms with Crippen LogP contribution >= 0.6 is 27.7 Å². The highest BCUT2D eigenvalue weighted by Gasteiger charge is 2.10. The summed E-state index contributed by atoms with van der Waals surface area (Å²) < 4.78 is 0.959. The monoisotopic (exact) mass is 428 g/mol. The summed E-state index contributed by atoms with van der Waals surface area (Å²) in [7, 11) is 0. The van der Waals surface area contributed by atoms with E-state index in [0.29, 0.717) is 17.8 Å². The average molecular weight is 429 g/mol. The number of phenols is 1. The molecule has 3 aromatic rings. The smallest absolute Gasteiger partial charge is 0.251 e. The van der Waals surface area contributed by atoms with Crippen LogP contribution in [0.5, 0.6) is 5.75 Å². The van der Waals surface area contributed by atoms with E-state index in [4.69, 9.17) is 5.73 Å². The number of amides is 1. The number of carbonyl (C=O) groups is 1. The van der Waals surface area contributed by atoms with Gasteiger partial charge in [0.2, 0.25) is 0 Å². The van der Waals surface area contributed by atoms with E-state index in [2.05, 4.69) is 21.2 Å². The van der Waals surface area contributed by atoms with Gasteiger partial charge in [0, 0.05) is 32.1 Å². The van der Waals surface area contributed by atoms with Crippen LogP contribution in [0.15, 0.2) is 81.0 Å². The van der Waals surface area contributed by atoms with E-state index in [1.165, 1.54) is 11.8 Å². The van der Waals surface area contributed by atoms with E-state index in [-0.39, 0.29) is 11.7 Å². The number of carbonyl (C=O) groups excluding carboxylic acids is 1. The zero-order valence-electron chi connectivity index (χ0n) is 13.8. The van der Waals surface area contributed by atoms with Gasteiger partial charge in [-0.1, -0.05) is 45.9 Å². The Bertz CT molecular complexity index is 929. The van der Waals surface area contributed by atoms with Crippen molar-refractivity contribution in [2.45, 2.75) is 16.3 Å². The minimum atomic E-state index is -0.173. The molecule has 3 aromatic carbocycles. The Labute approximate surface area is 164 Å². The predicted molar refractivity (Wildman–Crippen MR) is 108 cm³/mol. The van der Waals surface area contributed by atoms with Gasteiger partial charge >= 0.3 is 0 Å². The van der Waals surface area contributed by atoms with Crippen molar-refractivity contribution < 1.29 is 9.90 Å². The summed E-state index contributed by atoms with van der Waals surface area (Å²) >= 11 is 4.95. The van der Waals surface area contributed by atoms with Crippen LogP contribution in [0.25, 0.3) is 0 Å². The number of nitrogen functional groups attached to an aromatic ring is 1. The molecule has 0 bridgehead atoms. The van der Waals surface area contributed by atoms with E-state index < -0.39 is 0 Å². The van der Waals surface area contributed by atoms with E-state index in [0.717, 1.165) is 19.8 Å². The van der Waals surface area contributed by atoms with Crippen molar-refractivity contribution in [1.29, 1.82) is 0 Å². The van der Waals surface area contributed by atoms with Crippen LogP contribution < -0.4 is 11.1 Å². The summed E-state index contributed by atoms with van der Waals surface area (Å²) in [6.45, 7) is 0.435. The quantitative estimate of drug-likeness (QED) is 0.509. The Morgan fingerprint density at radius 3 is 2.50 bits per heavy atom. The summed E-state index contributed by atoms with van der Waals surface area (Å²) in [6, 6.07) is 19.9. The molecule has 0 saturated heterocycles. The van der Waals surface area contributed by atoms with Crippen LogP contribution in [0.4, 0.5) is 5.69 Å². The van der Waals surface area contributed by atoms with Gasteiger partial charge in [0.15, 0.2) is 0 Å².